The molecular formula is C60H70O6P2. The van der Waals surface area contributed by atoms with E-state index < -0.39 is 17.2 Å². The molecule has 0 spiro atoms. The van der Waals surface area contributed by atoms with Gasteiger partial charge >= 0.3 is 17.2 Å². The highest BCUT2D eigenvalue weighted by Gasteiger charge is 2.37. The number of hydrogen-bond donors (Lipinski definition) is 0. The molecule has 1 aliphatic carbocycles. The van der Waals surface area contributed by atoms with Gasteiger partial charge in [0.25, 0.3) is 0 Å². The largest absolute Gasteiger partial charge is 0.530 e. The Hall–Kier alpha value is -5.02. The standard InChI is InChI=1S/C60H70O6P2/c1-35-19-17-20-36(2)51(35)61-67-63-53-39-23-40-28-48(58(8,9)10)32-44(54(40)64-67)26-46-34-50(60(14,15)16)30-42-24-41-29-49(59(11,12)13)33-45(25-43(53)31-47(27-39)57(5,6)7)55(41)65-68(66-56(42)46)62-52-37(3)21-18-22-38(52)4/h17-22,27-34H,23-26H2,1-16H3. The van der Waals surface area contributed by atoms with Gasteiger partial charge < -0.3 is 27.1 Å². The number of rotatable bonds is 4. The number of aryl methyl sites for hydroxylation is 4. The zero-order chi connectivity index (χ0) is 48.8. The molecule has 11 rings (SSSR count). The minimum atomic E-state index is -2.02. The molecule has 0 radical (unpaired) electrons. The summed E-state index contributed by atoms with van der Waals surface area (Å²) in [6, 6.07) is 31.3. The molecule has 4 aliphatic heterocycles. The van der Waals surface area contributed by atoms with Crippen LogP contribution in [0, 0.1) is 27.7 Å². The number of benzene rings is 6. The Labute approximate surface area is 409 Å². The Morgan fingerprint density at radius 2 is 0.529 bits per heavy atom. The van der Waals surface area contributed by atoms with Crippen molar-refractivity contribution in [2.45, 2.75) is 158 Å². The average Bonchev–Trinajstić information content (AvgIpc) is 3.20. The summed E-state index contributed by atoms with van der Waals surface area (Å²) in [7, 11) is -4.05. The van der Waals surface area contributed by atoms with Crippen molar-refractivity contribution in [1.29, 1.82) is 0 Å². The normalized spacial score (nSPS) is 15.2. The Bertz CT molecular complexity index is 2570. The maximum Gasteiger partial charge on any atom is 0.530 e. The van der Waals surface area contributed by atoms with Crippen LogP contribution in [0.2, 0.25) is 0 Å². The third kappa shape index (κ3) is 9.62. The van der Waals surface area contributed by atoms with E-state index in [9.17, 15) is 0 Å². The maximum absolute atomic E-state index is 7.36. The van der Waals surface area contributed by atoms with E-state index in [1.54, 1.807) is 0 Å². The van der Waals surface area contributed by atoms with Gasteiger partial charge in [0, 0.05) is 25.7 Å². The summed E-state index contributed by atoms with van der Waals surface area (Å²) < 4.78 is 43.5. The highest BCUT2D eigenvalue weighted by Crippen LogP contribution is 2.56. The second-order valence-electron chi connectivity index (χ2n) is 23.6. The molecule has 4 heterocycles. The fraction of sp³-hybridized carbons (Fsp3) is 0.400. The van der Waals surface area contributed by atoms with Crippen molar-refractivity contribution in [2.24, 2.45) is 0 Å². The van der Waals surface area contributed by atoms with E-state index in [0.29, 0.717) is 25.7 Å². The predicted molar refractivity (Wildman–Crippen MR) is 281 cm³/mol. The predicted octanol–water partition coefficient (Wildman–Crippen LogP) is 16.9. The molecule has 8 heteroatoms. The summed E-state index contributed by atoms with van der Waals surface area (Å²) >= 11 is 0. The average molecular weight is 949 g/mol. The zero-order valence-electron chi connectivity index (χ0n) is 43.3. The highest BCUT2D eigenvalue weighted by atomic mass is 31.2. The second kappa shape index (κ2) is 17.4. The van der Waals surface area contributed by atoms with Gasteiger partial charge in [-0.3, -0.25) is 0 Å². The lowest BCUT2D eigenvalue weighted by Crippen LogP contribution is -2.20. The van der Waals surface area contributed by atoms with Gasteiger partial charge in [-0.15, -0.1) is 0 Å². The lowest BCUT2D eigenvalue weighted by atomic mass is 9.79. The van der Waals surface area contributed by atoms with E-state index in [1.807, 2.05) is 0 Å². The van der Waals surface area contributed by atoms with Crippen molar-refractivity contribution < 1.29 is 27.1 Å². The molecule has 0 saturated carbocycles. The lowest BCUT2D eigenvalue weighted by Gasteiger charge is -2.33. The first kappa shape index (κ1) is 48.0. The topological polar surface area (TPSA) is 55.4 Å². The van der Waals surface area contributed by atoms with Crippen molar-refractivity contribution in [3.63, 3.8) is 0 Å². The van der Waals surface area contributed by atoms with Crippen LogP contribution in [0.25, 0.3) is 0 Å². The molecule has 0 aromatic heterocycles. The first-order valence-electron chi connectivity index (χ1n) is 24.3. The van der Waals surface area contributed by atoms with Crippen molar-refractivity contribution in [3.8, 4) is 34.5 Å². The van der Waals surface area contributed by atoms with Crippen molar-refractivity contribution in [2.75, 3.05) is 0 Å². The summed E-state index contributed by atoms with van der Waals surface area (Å²) in [6.45, 7) is 35.9. The van der Waals surface area contributed by atoms with Gasteiger partial charge in [0.15, 0.2) is 0 Å². The summed E-state index contributed by atoms with van der Waals surface area (Å²) in [5.41, 5.74) is 17.1. The Morgan fingerprint density at radius 1 is 0.338 bits per heavy atom. The molecule has 12 bridgehead atoms. The first-order chi connectivity index (χ1) is 31.8. The van der Waals surface area contributed by atoms with Crippen LogP contribution in [0.1, 0.15) is 172 Å². The fourth-order valence-corrected chi connectivity index (χ4v) is 12.2. The van der Waals surface area contributed by atoms with E-state index in [-0.39, 0.29) is 21.7 Å². The molecule has 0 amide bonds. The van der Waals surface area contributed by atoms with Crippen LogP contribution >= 0.6 is 17.2 Å². The summed E-state index contributed by atoms with van der Waals surface area (Å²) in [5.74, 6) is 4.74. The number of para-hydroxylation sites is 2. The second-order valence-corrected chi connectivity index (χ2v) is 25.6. The first-order valence-corrected chi connectivity index (χ1v) is 26.4. The quantitative estimate of drug-likeness (QED) is 0.164. The molecule has 5 aliphatic rings. The highest BCUT2D eigenvalue weighted by molar-refractivity contribution is 7.43. The summed E-state index contributed by atoms with van der Waals surface area (Å²) in [6.07, 6.45) is 2.29. The molecule has 6 nitrogen and oxygen atoms in total. The third-order valence-electron chi connectivity index (χ3n) is 13.8. The number of fused-ring (bicyclic) bond motifs is 4. The van der Waals surface area contributed by atoms with Crippen LogP contribution in [-0.4, -0.2) is 0 Å². The molecule has 0 fully saturated rings. The van der Waals surface area contributed by atoms with Gasteiger partial charge in [-0.2, -0.15) is 0 Å². The van der Waals surface area contributed by atoms with Gasteiger partial charge in [0.05, 0.1) is 0 Å². The molecular weight excluding hydrogens is 879 g/mol. The Balaban J connectivity index is 1.41. The van der Waals surface area contributed by atoms with Crippen LogP contribution < -0.4 is 27.1 Å². The minimum absolute atomic E-state index is 0.159. The summed E-state index contributed by atoms with van der Waals surface area (Å²) in [5, 5.41) is 0. The Kier molecular flexibility index (Phi) is 12.3. The monoisotopic (exact) mass is 948 g/mol. The smallest absolute Gasteiger partial charge is 0.408 e. The van der Waals surface area contributed by atoms with E-state index >= 15 is 0 Å². The Morgan fingerprint density at radius 3 is 0.706 bits per heavy atom. The van der Waals surface area contributed by atoms with Crippen molar-refractivity contribution >= 4 is 17.2 Å². The number of hydrogen-bond acceptors (Lipinski definition) is 6. The van der Waals surface area contributed by atoms with Crippen LogP contribution in [-0.2, 0) is 47.3 Å². The third-order valence-corrected chi connectivity index (χ3v) is 15.8. The van der Waals surface area contributed by atoms with Gasteiger partial charge in [-0.1, -0.05) is 168 Å². The van der Waals surface area contributed by atoms with Crippen LogP contribution in [0.4, 0.5) is 0 Å². The van der Waals surface area contributed by atoms with Gasteiger partial charge in [-0.25, -0.2) is 0 Å². The van der Waals surface area contributed by atoms with Crippen LogP contribution in [0.3, 0.4) is 0 Å². The minimum Gasteiger partial charge on any atom is -0.408 e. The van der Waals surface area contributed by atoms with Crippen LogP contribution in [0.5, 0.6) is 34.5 Å². The van der Waals surface area contributed by atoms with Gasteiger partial charge in [0.1, 0.15) is 34.5 Å². The van der Waals surface area contributed by atoms with Gasteiger partial charge in [-0.05, 0) is 138 Å². The SMILES string of the molecule is Cc1cccc(C)c1OP1Oc2c3cc(C(C)(C)C)cc2Cc2cc(C(C)(C)C)cc4c2OP(Oc2c(C)cccc2C)Oc2c(cc(C(C)(C)C)cc2Cc2cc(C(C)(C)C)cc(c2O1)C3)C4. The van der Waals surface area contributed by atoms with E-state index in [1.165, 1.54) is 22.3 Å². The molecule has 0 saturated heterocycles. The molecule has 6 aromatic rings. The van der Waals surface area contributed by atoms with E-state index in [4.69, 9.17) is 27.1 Å². The van der Waals surface area contributed by atoms with Gasteiger partial charge in [0.2, 0.25) is 0 Å². The van der Waals surface area contributed by atoms with Crippen LogP contribution in [0.15, 0.2) is 84.9 Å². The summed E-state index contributed by atoms with van der Waals surface area (Å²) in [4.78, 5) is 0. The zero-order valence-corrected chi connectivity index (χ0v) is 45.0. The maximum atomic E-state index is 7.36. The van der Waals surface area contributed by atoms with Crippen molar-refractivity contribution in [3.05, 3.63) is 174 Å². The molecule has 0 unspecified atom stereocenters. The lowest BCUT2D eigenvalue weighted by molar-refractivity contribution is 0.372. The molecule has 356 valence electrons. The molecule has 6 aromatic carbocycles. The van der Waals surface area contributed by atoms with E-state index in [2.05, 4.69) is 196 Å². The molecule has 68 heavy (non-hydrogen) atoms. The van der Waals surface area contributed by atoms with Crippen molar-refractivity contribution in [1.82, 2.24) is 0 Å². The fourth-order valence-electron chi connectivity index (χ4n) is 9.54. The molecule has 0 N–H and O–H groups in total. The molecule has 0 atom stereocenters. The van der Waals surface area contributed by atoms with E-state index in [0.717, 1.165) is 101 Å².